The lowest BCUT2D eigenvalue weighted by molar-refractivity contribution is -0.156. The van der Waals surface area contributed by atoms with Gasteiger partial charge in [0.25, 0.3) is 0 Å². The van der Waals surface area contributed by atoms with E-state index in [-0.39, 0.29) is 35.9 Å². The minimum Gasteiger partial charge on any atom is -0.508 e. The third-order valence-corrected chi connectivity index (χ3v) is 8.75. The molecule has 2 aliphatic rings. The Morgan fingerprint density at radius 2 is 1.19 bits per heavy atom. The van der Waals surface area contributed by atoms with E-state index in [1.165, 1.54) is 29.3 Å². The third kappa shape index (κ3) is 12.0. The van der Waals surface area contributed by atoms with Crippen LogP contribution in [0.4, 0.5) is 13.2 Å². The first-order valence-electron chi connectivity index (χ1n) is 16.0. The molecule has 0 spiro atoms. The SMILES string of the molecule is CC(C)(C)OC(=O)C[C@@H]1CCCCc2cc(O)ccc21.CC(C)(C)OC(=O)C[C@@H]1CCCCc2cc(OS(=O)(=O)C(F)(F)F)ccc21. The van der Waals surface area contributed by atoms with Crippen molar-refractivity contribution in [1.82, 2.24) is 0 Å². The molecule has 12 heteroatoms. The van der Waals surface area contributed by atoms with Crippen LogP contribution in [0.1, 0.15) is 127 Å². The van der Waals surface area contributed by atoms with E-state index in [9.17, 15) is 36.3 Å². The van der Waals surface area contributed by atoms with Gasteiger partial charge in [-0.15, -0.1) is 0 Å². The lowest BCUT2D eigenvalue weighted by Crippen LogP contribution is -2.28. The fourth-order valence-corrected chi connectivity index (χ4v) is 6.40. The Hall–Kier alpha value is -3.28. The highest BCUT2D eigenvalue weighted by atomic mass is 32.2. The standard InChI is InChI=1S/C18H23F3O5S.C17H24O3/c1-17(2,3)25-16(22)11-13-7-5-4-6-12-10-14(8-9-15(12)13)26-27(23,24)18(19,20)21;1-17(2,3)20-16(19)11-13-7-5-4-6-12-10-14(18)8-9-15(12)13/h8-10,13H,4-7,11H2,1-3H3;8-10,13,18H,4-7,11H2,1-3H3/t2*13-/m00/s1. The molecule has 8 nitrogen and oxygen atoms in total. The van der Waals surface area contributed by atoms with Gasteiger partial charge in [0.1, 0.15) is 22.7 Å². The van der Waals surface area contributed by atoms with E-state index >= 15 is 0 Å². The average Bonchev–Trinajstić information content (AvgIpc) is 3.21. The summed E-state index contributed by atoms with van der Waals surface area (Å²) >= 11 is 0. The van der Waals surface area contributed by atoms with Crippen LogP contribution in [-0.2, 0) is 42.0 Å². The van der Waals surface area contributed by atoms with E-state index in [2.05, 4.69) is 4.18 Å². The van der Waals surface area contributed by atoms with E-state index in [4.69, 9.17) is 9.47 Å². The van der Waals surface area contributed by atoms with Crippen molar-refractivity contribution in [3.8, 4) is 11.5 Å². The Bertz CT molecular complexity index is 1500. The van der Waals surface area contributed by atoms with Crippen molar-refractivity contribution < 1.29 is 49.9 Å². The maximum absolute atomic E-state index is 12.5. The predicted octanol–water partition coefficient (Wildman–Crippen LogP) is 8.39. The molecule has 2 atom stereocenters. The number of aromatic hydroxyl groups is 1. The second-order valence-corrected chi connectivity index (χ2v) is 15.7. The summed E-state index contributed by atoms with van der Waals surface area (Å²) in [5.74, 6) is -0.483. The van der Waals surface area contributed by atoms with E-state index in [1.807, 2.05) is 32.9 Å². The summed E-state index contributed by atoms with van der Waals surface area (Å²) in [5.41, 5.74) is -2.64. The van der Waals surface area contributed by atoms with Crippen LogP contribution < -0.4 is 4.18 Å². The molecular weight excluding hydrogens is 637 g/mol. The molecule has 0 radical (unpaired) electrons. The molecule has 2 aromatic carbocycles. The molecule has 0 amide bonds. The first kappa shape index (κ1) is 38.2. The number of ether oxygens (including phenoxy) is 2. The minimum atomic E-state index is -5.71. The minimum absolute atomic E-state index is 0.134. The van der Waals surface area contributed by atoms with Gasteiger partial charge in [-0.2, -0.15) is 21.6 Å². The number of esters is 2. The highest BCUT2D eigenvalue weighted by Gasteiger charge is 2.48. The molecule has 0 unspecified atom stereocenters. The number of aryl methyl sites for hydroxylation is 2. The largest absolute Gasteiger partial charge is 0.534 e. The maximum Gasteiger partial charge on any atom is 0.534 e. The van der Waals surface area contributed by atoms with E-state index in [1.54, 1.807) is 26.8 Å². The van der Waals surface area contributed by atoms with Crippen molar-refractivity contribution in [3.63, 3.8) is 0 Å². The number of phenolic OH excluding ortho intramolecular Hbond substituents is 1. The van der Waals surface area contributed by atoms with E-state index in [0.717, 1.165) is 50.5 Å². The number of benzene rings is 2. The molecule has 262 valence electrons. The molecule has 0 saturated carbocycles. The van der Waals surface area contributed by atoms with Crippen molar-refractivity contribution >= 4 is 22.1 Å². The summed E-state index contributed by atoms with van der Waals surface area (Å²) in [6.45, 7) is 11.0. The van der Waals surface area contributed by atoms with Crippen LogP contribution in [0.3, 0.4) is 0 Å². The Morgan fingerprint density at radius 3 is 1.64 bits per heavy atom. The van der Waals surface area contributed by atoms with Crippen molar-refractivity contribution in [2.24, 2.45) is 0 Å². The van der Waals surface area contributed by atoms with Crippen molar-refractivity contribution in [1.29, 1.82) is 0 Å². The van der Waals surface area contributed by atoms with Crippen molar-refractivity contribution in [2.75, 3.05) is 0 Å². The molecule has 0 fully saturated rings. The van der Waals surface area contributed by atoms with Gasteiger partial charge in [-0.1, -0.05) is 25.0 Å². The van der Waals surface area contributed by atoms with Crippen LogP contribution >= 0.6 is 0 Å². The van der Waals surface area contributed by atoms with Crippen LogP contribution in [0.25, 0.3) is 0 Å². The Morgan fingerprint density at radius 1 is 0.745 bits per heavy atom. The van der Waals surface area contributed by atoms with Crippen LogP contribution in [-0.4, -0.2) is 42.2 Å². The summed E-state index contributed by atoms with van der Waals surface area (Å²) in [5, 5.41) is 9.61. The van der Waals surface area contributed by atoms with Gasteiger partial charge in [0, 0.05) is 0 Å². The lowest BCUT2D eigenvalue weighted by atomic mass is 9.90. The van der Waals surface area contributed by atoms with Gasteiger partial charge < -0.3 is 18.8 Å². The third-order valence-electron chi connectivity index (χ3n) is 7.77. The number of alkyl halides is 3. The van der Waals surface area contributed by atoms with Gasteiger partial charge in [-0.25, -0.2) is 0 Å². The Kier molecular flexibility index (Phi) is 12.4. The molecule has 0 saturated heterocycles. The number of rotatable bonds is 6. The second kappa shape index (κ2) is 15.3. The maximum atomic E-state index is 12.5. The number of phenols is 1. The summed E-state index contributed by atoms with van der Waals surface area (Å²) < 4.78 is 74.9. The van der Waals surface area contributed by atoms with E-state index in [0.29, 0.717) is 24.2 Å². The smallest absolute Gasteiger partial charge is 0.508 e. The molecule has 2 aromatic rings. The van der Waals surface area contributed by atoms with Crippen molar-refractivity contribution in [2.45, 2.75) is 134 Å². The molecule has 0 bridgehead atoms. The zero-order valence-corrected chi connectivity index (χ0v) is 28.9. The zero-order valence-electron chi connectivity index (χ0n) is 28.0. The van der Waals surface area contributed by atoms with Gasteiger partial charge in [-0.3, -0.25) is 9.59 Å². The fraction of sp³-hybridized carbons (Fsp3) is 0.600. The number of hydrogen-bond donors (Lipinski definition) is 1. The Labute approximate surface area is 276 Å². The second-order valence-electron chi connectivity index (χ2n) is 14.2. The van der Waals surface area contributed by atoms with Gasteiger partial charge in [0.15, 0.2) is 0 Å². The van der Waals surface area contributed by atoms with Crippen LogP contribution in [0.2, 0.25) is 0 Å². The number of carbonyl (C=O) groups is 2. The Balaban J connectivity index is 0.000000267. The molecule has 1 N–H and O–H groups in total. The van der Waals surface area contributed by atoms with Crippen LogP contribution in [0.5, 0.6) is 11.5 Å². The lowest BCUT2D eigenvalue weighted by Gasteiger charge is -2.23. The summed E-state index contributed by atoms with van der Waals surface area (Å²) in [6.07, 6.45) is 7.75. The first-order chi connectivity index (χ1) is 21.6. The van der Waals surface area contributed by atoms with Crippen LogP contribution in [0, 0.1) is 0 Å². The molecular formula is C35H47F3O8S. The number of carbonyl (C=O) groups excluding carboxylic acids is 2. The highest BCUT2D eigenvalue weighted by molar-refractivity contribution is 7.88. The van der Waals surface area contributed by atoms with Gasteiger partial charge >= 0.3 is 27.6 Å². The topological polar surface area (TPSA) is 116 Å². The zero-order chi connectivity index (χ0) is 35.2. The molecule has 0 aromatic heterocycles. The molecule has 47 heavy (non-hydrogen) atoms. The highest BCUT2D eigenvalue weighted by Crippen LogP contribution is 2.37. The summed E-state index contributed by atoms with van der Waals surface area (Å²) in [4.78, 5) is 24.2. The number of fused-ring (bicyclic) bond motifs is 2. The fourth-order valence-electron chi connectivity index (χ4n) is 5.95. The molecule has 0 heterocycles. The van der Waals surface area contributed by atoms with Gasteiger partial charge in [0.05, 0.1) is 12.8 Å². The monoisotopic (exact) mass is 684 g/mol. The van der Waals surface area contributed by atoms with Crippen LogP contribution in [0.15, 0.2) is 36.4 Å². The summed E-state index contributed by atoms with van der Waals surface area (Å²) in [6, 6.07) is 9.55. The van der Waals surface area contributed by atoms with Gasteiger partial charge in [-0.05, 0) is 138 Å². The number of hydrogen-bond acceptors (Lipinski definition) is 8. The molecule has 2 aliphatic carbocycles. The van der Waals surface area contributed by atoms with Crippen molar-refractivity contribution in [3.05, 3.63) is 58.7 Å². The molecule has 0 aliphatic heterocycles. The van der Waals surface area contributed by atoms with Gasteiger partial charge in [0.2, 0.25) is 0 Å². The summed E-state index contributed by atoms with van der Waals surface area (Å²) in [7, 11) is -5.71. The van der Waals surface area contributed by atoms with E-state index < -0.39 is 26.8 Å². The number of halogens is 3. The quantitative estimate of drug-likeness (QED) is 0.140. The average molecular weight is 685 g/mol. The normalized spacial score (nSPS) is 18.7. The molecule has 4 rings (SSSR count). The first-order valence-corrected chi connectivity index (χ1v) is 17.4. The predicted molar refractivity (Wildman–Crippen MR) is 172 cm³/mol.